The second-order valence-electron chi connectivity index (χ2n) is 6.06. The Bertz CT molecular complexity index is 1110. The Hall–Kier alpha value is -2.65. The quantitative estimate of drug-likeness (QED) is 0.588. The SMILES string of the molecule is COc1ccc(Cl)cc1C(=O)/N=c1\sc(C)cn1Cc1ccc(C(F)(F)F)nc1. The molecule has 29 heavy (non-hydrogen) atoms. The van der Waals surface area contributed by atoms with Gasteiger partial charge >= 0.3 is 6.18 Å². The average Bonchev–Trinajstić information content (AvgIpc) is 3.00. The van der Waals surface area contributed by atoms with E-state index in [0.29, 0.717) is 21.1 Å². The van der Waals surface area contributed by atoms with Gasteiger partial charge in [0.2, 0.25) is 0 Å². The molecule has 0 fully saturated rings. The van der Waals surface area contributed by atoms with Crippen LogP contribution >= 0.6 is 22.9 Å². The molecule has 2 aromatic heterocycles. The minimum atomic E-state index is -4.49. The van der Waals surface area contributed by atoms with Crippen molar-refractivity contribution in [3.05, 3.63) is 74.2 Å². The first-order valence-electron chi connectivity index (χ1n) is 8.29. The van der Waals surface area contributed by atoms with Crippen LogP contribution in [-0.4, -0.2) is 22.6 Å². The monoisotopic (exact) mass is 441 g/mol. The molecular formula is C19H15ClF3N3O2S. The normalized spacial score (nSPS) is 12.3. The lowest BCUT2D eigenvalue weighted by atomic mass is 10.2. The van der Waals surface area contributed by atoms with E-state index < -0.39 is 17.8 Å². The van der Waals surface area contributed by atoms with Crippen LogP contribution in [0.4, 0.5) is 13.2 Å². The topological polar surface area (TPSA) is 56.5 Å². The van der Waals surface area contributed by atoms with Crippen molar-refractivity contribution in [2.24, 2.45) is 4.99 Å². The molecule has 0 N–H and O–H groups in total. The lowest BCUT2D eigenvalue weighted by Gasteiger charge is -2.07. The lowest BCUT2D eigenvalue weighted by molar-refractivity contribution is -0.141. The van der Waals surface area contributed by atoms with Crippen molar-refractivity contribution in [3.63, 3.8) is 0 Å². The molecule has 0 saturated carbocycles. The third-order valence-electron chi connectivity index (χ3n) is 3.89. The number of rotatable bonds is 4. The standard InChI is InChI=1S/C19H15ClF3N3O2S/c1-11-9-26(10-12-3-6-16(24-8-12)19(21,22)23)18(29-11)25-17(27)14-7-13(20)4-5-15(14)28-2/h3-9H,10H2,1-2H3/b25-18-. The van der Waals surface area contributed by atoms with E-state index in [1.165, 1.54) is 30.6 Å². The van der Waals surface area contributed by atoms with E-state index in [2.05, 4.69) is 9.98 Å². The zero-order valence-corrected chi connectivity index (χ0v) is 16.9. The maximum absolute atomic E-state index is 12.7. The number of carbonyl (C=O) groups excluding carboxylic acids is 1. The minimum absolute atomic E-state index is 0.216. The first-order chi connectivity index (χ1) is 13.7. The van der Waals surface area contributed by atoms with Gasteiger partial charge in [-0.25, -0.2) is 0 Å². The number of pyridine rings is 1. The predicted octanol–water partition coefficient (Wildman–Crippen LogP) is 4.72. The molecule has 0 aliphatic rings. The molecule has 152 valence electrons. The molecule has 0 spiro atoms. The van der Waals surface area contributed by atoms with Crippen LogP contribution < -0.4 is 9.54 Å². The molecule has 5 nitrogen and oxygen atoms in total. The van der Waals surface area contributed by atoms with Gasteiger partial charge in [-0.1, -0.05) is 17.7 Å². The van der Waals surface area contributed by atoms with Gasteiger partial charge in [-0.15, -0.1) is 11.3 Å². The van der Waals surface area contributed by atoms with Crippen LogP contribution in [0.3, 0.4) is 0 Å². The van der Waals surface area contributed by atoms with Crippen molar-refractivity contribution in [2.75, 3.05) is 7.11 Å². The summed E-state index contributed by atoms with van der Waals surface area (Å²) in [5.41, 5.74) is -0.195. The summed E-state index contributed by atoms with van der Waals surface area (Å²) in [6.07, 6.45) is -1.56. The van der Waals surface area contributed by atoms with E-state index in [9.17, 15) is 18.0 Å². The summed E-state index contributed by atoms with van der Waals surface area (Å²) in [4.78, 5) is 21.6. The van der Waals surface area contributed by atoms with Crippen molar-refractivity contribution in [3.8, 4) is 5.75 Å². The molecule has 0 aliphatic carbocycles. The molecule has 3 rings (SSSR count). The van der Waals surface area contributed by atoms with E-state index in [0.717, 1.165) is 17.1 Å². The van der Waals surface area contributed by atoms with E-state index in [4.69, 9.17) is 16.3 Å². The summed E-state index contributed by atoms with van der Waals surface area (Å²) in [5.74, 6) is -0.194. The molecule has 3 aromatic rings. The summed E-state index contributed by atoms with van der Waals surface area (Å²) >= 11 is 7.25. The molecule has 0 bridgehead atoms. The number of benzene rings is 1. The Labute approximate surface area is 173 Å². The number of methoxy groups -OCH3 is 1. The Morgan fingerprint density at radius 2 is 2.07 bits per heavy atom. The van der Waals surface area contributed by atoms with Crippen LogP contribution in [0.2, 0.25) is 5.02 Å². The number of alkyl halides is 3. The highest BCUT2D eigenvalue weighted by atomic mass is 35.5. The highest BCUT2D eigenvalue weighted by Crippen LogP contribution is 2.27. The van der Waals surface area contributed by atoms with Gasteiger partial charge in [0, 0.05) is 22.3 Å². The second-order valence-corrected chi connectivity index (χ2v) is 7.71. The van der Waals surface area contributed by atoms with Gasteiger partial charge in [-0.3, -0.25) is 9.78 Å². The third kappa shape index (κ3) is 5.04. The number of halogens is 4. The van der Waals surface area contributed by atoms with Gasteiger partial charge in [-0.05, 0) is 36.8 Å². The maximum atomic E-state index is 12.7. The number of thiazole rings is 1. The Morgan fingerprint density at radius 1 is 1.31 bits per heavy atom. The van der Waals surface area contributed by atoms with E-state index >= 15 is 0 Å². The minimum Gasteiger partial charge on any atom is -0.496 e. The van der Waals surface area contributed by atoms with Gasteiger partial charge in [0.25, 0.3) is 5.91 Å². The fourth-order valence-electron chi connectivity index (χ4n) is 2.58. The molecular weight excluding hydrogens is 427 g/mol. The fourth-order valence-corrected chi connectivity index (χ4v) is 3.58. The summed E-state index contributed by atoms with van der Waals surface area (Å²) in [7, 11) is 1.44. The summed E-state index contributed by atoms with van der Waals surface area (Å²) in [5, 5.41) is 0.371. The maximum Gasteiger partial charge on any atom is 0.433 e. The number of carbonyl (C=O) groups is 1. The number of aryl methyl sites for hydroxylation is 1. The number of aromatic nitrogens is 2. The molecule has 2 heterocycles. The van der Waals surface area contributed by atoms with E-state index in [1.807, 2.05) is 6.92 Å². The molecule has 0 aliphatic heterocycles. The zero-order valence-electron chi connectivity index (χ0n) is 15.3. The van der Waals surface area contributed by atoms with Crippen LogP contribution in [0.5, 0.6) is 5.75 Å². The molecule has 10 heteroatoms. The van der Waals surface area contributed by atoms with E-state index in [-0.39, 0.29) is 12.1 Å². The van der Waals surface area contributed by atoms with Gasteiger partial charge in [0.1, 0.15) is 11.4 Å². The number of hydrogen-bond acceptors (Lipinski definition) is 4. The fraction of sp³-hybridized carbons (Fsp3) is 0.211. The average molecular weight is 442 g/mol. The lowest BCUT2D eigenvalue weighted by Crippen LogP contribution is -2.17. The van der Waals surface area contributed by atoms with Gasteiger partial charge in [-0.2, -0.15) is 18.2 Å². The van der Waals surface area contributed by atoms with Crippen LogP contribution in [-0.2, 0) is 12.7 Å². The van der Waals surface area contributed by atoms with Crippen LogP contribution in [0.25, 0.3) is 0 Å². The highest BCUT2D eigenvalue weighted by molar-refractivity contribution is 7.09. The third-order valence-corrected chi connectivity index (χ3v) is 5.06. The Balaban J connectivity index is 1.93. The summed E-state index contributed by atoms with van der Waals surface area (Å²) in [6, 6.07) is 6.92. The molecule has 0 atom stereocenters. The highest BCUT2D eigenvalue weighted by Gasteiger charge is 2.32. The molecule has 1 aromatic carbocycles. The molecule has 0 saturated heterocycles. The van der Waals surface area contributed by atoms with Gasteiger partial charge in [0.15, 0.2) is 4.80 Å². The summed E-state index contributed by atoms with van der Waals surface area (Å²) < 4.78 is 44.9. The second kappa shape index (κ2) is 8.38. The molecule has 0 unspecified atom stereocenters. The van der Waals surface area contributed by atoms with Crippen molar-refractivity contribution in [1.82, 2.24) is 9.55 Å². The van der Waals surface area contributed by atoms with Crippen molar-refractivity contribution < 1.29 is 22.7 Å². The van der Waals surface area contributed by atoms with Crippen LogP contribution in [0.1, 0.15) is 26.5 Å². The zero-order chi connectivity index (χ0) is 21.2. The number of ether oxygens (including phenoxy) is 1. The van der Waals surface area contributed by atoms with Crippen molar-refractivity contribution in [1.29, 1.82) is 0 Å². The van der Waals surface area contributed by atoms with Crippen molar-refractivity contribution in [2.45, 2.75) is 19.6 Å². The molecule has 0 radical (unpaired) electrons. The van der Waals surface area contributed by atoms with E-state index in [1.54, 1.807) is 22.9 Å². The first-order valence-corrected chi connectivity index (χ1v) is 9.48. The predicted molar refractivity (Wildman–Crippen MR) is 103 cm³/mol. The first kappa shape index (κ1) is 21.1. The number of hydrogen-bond donors (Lipinski definition) is 0. The summed E-state index contributed by atoms with van der Waals surface area (Å²) in [6.45, 7) is 2.06. The largest absolute Gasteiger partial charge is 0.496 e. The van der Waals surface area contributed by atoms with Gasteiger partial charge < -0.3 is 9.30 Å². The van der Waals surface area contributed by atoms with Crippen molar-refractivity contribution >= 4 is 28.8 Å². The Kier molecular flexibility index (Phi) is 6.09. The Morgan fingerprint density at radius 3 is 2.69 bits per heavy atom. The number of nitrogens with zero attached hydrogens (tertiary/aromatic N) is 3. The smallest absolute Gasteiger partial charge is 0.433 e. The van der Waals surface area contributed by atoms with Gasteiger partial charge in [0.05, 0.1) is 19.2 Å². The number of amides is 1. The molecule has 1 amide bonds. The van der Waals surface area contributed by atoms with Crippen LogP contribution in [0, 0.1) is 6.92 Å². The van der Waals surface area contributed by atoms with Crippen LogP contribution in [0.15, 0.2) is 47.7 Å².